The summed E-state index contributed by atoms with van der Waals surface area (Å²) >= 11 is 0. The van der Waals surface area contributed by atoms with Gasteiger partial charge >= 0.3 is 11.6 Å². The molecule has 0 spiro atoms. The van der Waals surface area contributed by atoms with Gasteiger partial charge in [-0.15, -0.1) is 0 Å². The Bertz CT molecular complexity index is 1030. The Morgan fingerprint density at radius 1 is 1.04 bits per heavy atom. The highest BCUT2D eigenvalue weighted by Gasteiger charge is 2.33. The molecular formula is C21H18O5. The Morgan fingerprint density at radius 3 is 2.50 bits per heavy atom. The summed E-state index contributed by atoms with van der Waals surface area (Å²) in [6, 6.07) is 14.5. The molecule has 132 valence electrons. The monoisotopic (exact) mass is 350 g/mol. The van der Waals surface area contributed by atoms with E-state index in [-0.39, 0.29) is 18.5 Å². The number of fused-ring (bicyclic) bond motifs is 3. The van der Waals surface area contributed by atoms with Gasteiger partial charge in [0.05, 0.1) is 23.5 Å². The van der Waals surface area contributed by atoms with Gasteiger partial charge in [-0.25, -0.2) is 4.79 Å². The summed E-state index contributed by atoms with van der Waals surface area (Å²) < 4.78 is 16.5. The molecule has 1 atom stereocenters. The van der Waals surface area contributed by atoms with Gasteiger partial charge in [0.2, 0.25) is 0 Å². The van der Waals surface area contributed by atoms with Gasteiger partial charge in [-0.3, -0.25) is 4.79 Å². The fourth-order valence-electron chi connectivity index (χ4n) is 3.31. The molecule has 0 saturated carbocycles. The Labute approximate surface area is 150 Å². The summed E-state index contributed by atoms with van der Waals surface area (Å²) in [4.78, 5) is 24.8. The topological polar surface area (TPSA) is 65.7 Å². The first-order valence-electron chi connectivity index (χ1n) is 8.56. The number of benzene rings is 2. The molecule has 2 aromatic carbocycles. The molecule has 0 radical (unpaired) electrons. The average Bonchev–Trinajstić information content (AvgIpc) is 2.61. The predicted molar refractivity (Wildman–Crippen MR) is 96.8 cm³/mol. The molecular weight excluding hydrogens is 332 g/mol. The van der Waals surface area contributed by atoms with Crippen LogP contribution in [0.3, 0.4) is 0 Å². The molecule has 5 nitrogen and oxygen atoms in total. The number of esters is 1. The molecule has 3 aromatic rings. The van der Waals surface area contributed by atoms with Gasteiger partial charge < -0.3 is 13.9 Å². The van der Waals surface area contributed by atoms with Gasteiger partial charge in [0, 0.05) is 5.92 Å². The Morgan fingerprint density at radius 2 is 1.77 bits per heavy atom. The first-order valence-corrected chi connectivity index (χ1v) is 8.56. The molecule has 0 bridgehead atoms. The fraction of sp³-hybridized carbons (Fsp3) is 0.238. The zero-order valence-electron chi connectivity index (χ0n) is 14.5. The SMILES string of the molecule is CC(C)Oc1ccc(C2CC(=O)Oc3c2c(=O)oc2ccccc32)cc1. The molecule has 0 saturated heterocycles. The van der Waals surface area contributed by atoms with E-state index in [9.17, 15) is 9.59 Å². The van der Waals surface area contributed by atoms with Crippen molar-refractivity contribution in [1.29, 1.82) is 0 Å². The number of hydrogen-bond donors (Lipinski definition) is 0. The van der Waals surface area contributed by atoms with Crippen LogP contribution in [0.25, 0.3) is 11.0 Å². The standard InChI is InChI=1S/C21H18O5/c1-12(2)24-14-9-7-13(8-10-14)16-11-18(22)26-20-15-5-3-4-6-17(15)25-21(23)19(16)20/h3-10,12,16H,11H2,1-2H3. The van der Waals surface area contributed by atoms with Gasteiger partial charge in [0.15, 0.2) is 5.75 Å². The predicted octanol–water partition coefficient (Wildman–Crippen LogP) is 4.02. The van der Waals surface area contributed by atoms with Crippen molar-refractivity contribution < 1.29 is 18.7 Å². The third kappa shape index (κ3) is 2.86. The lowest BCUT2D eigenvalue weighted by atomic mass is 9.86. The van der Waals surface area contributed by atoms with E-state index in [2.05, 4.69) is 0 Å². The smallest absolute Gasteiger partial charge is 0.343 e. The Kier molecular flexibility index (Phi) is 3.99. The van der Waals surface area contributed by atoms with E-state index < -0.39 is 11.5 Å². The normalized spacial score (nSPS) is 16.4. The van der Waals surface area contributed by atoms with Crippen molar-refractivity contribution in [3.05, 3.63) is 70.1 Å². The molecule has 1 aliphatic rings. The minimum absolute atomic E-state index is 0.0737. The largest absolute Gasteiger partial charge is 0.491 e. The first-order chi connectivity index (χ1) is 12.5. The highest BCUT2D eigenvalue weighted by Crippen LogP contribution is 2.40. The third-order valence-electron chi connectivity index (χ3n) is 4.39. The number of carbonyl (C=O) groups excluding carboxylic acids is 1. The number of para-hydroxylation sites is 1. The molecule has 2 heterocycles. The number of carbonyl (C=O) groups is 1. The van der Waals surface area contributed by atoms with E-state index in [1.54, 1.807) is 18.2 Å². The summed E-state index contributed by atoms with van der Waals surface area (Å²) in [5, 5.41) is 0.625. The molecule has 4 rings (SSSR count). The molecule has 0 aliphatic carbocycles. The van der Waals surface area contributed by atoms with Gasteiger partial charge in [0.25, 0.3) is 0 Å². The van der Waals surface area contributed by atoms with Crippen LogP contribution in [0.1, 0.15) is 37.3 Å². The minimum Gasteiger partial charge on any atom is -0.491 e. The van der Waals surface area contributed by atoms with Crippen molar-refractivity contribution >= 4 is 16.9 Å². The number of rotatable bonds is 3. The molecule has 1 aliphatic heterocycles. The molecule has 0 fully saturated rings. The first kappa shape index (κ1) is 16.4. The lowest BCUT2D eigenvalue weighted by molar-refractivity contribution is -0.135. The second-order valence-electron chi connectivity index (χ2n) is 6.59. The lowest BCUT2D eigenvalue weighted by Gasteiger charge is -2.24. The second kappa shape index (κ2) is 6.33. The van der Waals surface area contributed by atoms with Crippen LogP contribution < -0.4 is 15.1 Å². The molecule has 0 amide bonds. The number of hydrogen-bond acceptors (Lipinski definition) is 5. The highest BCUT2D eigenvalue weighted by atomic mass is 16.5. The van der Waals surface area contributed by atoms with Crippen LogP contribution in [-0.2, 0) is 4.79 Å². The summed E-state index contributed by atoms with van der Waals surface area (Å²) in [5.41, 5.74) is 1.17. The van der Waals surface area contributed by atoms with Gasteiger partial charge in [0.1, 0.15) is 11.3 Å². The van der Waals surface area contributed by atoms with Crippen molar-refractivity contribution in [2.24, 2.45) is 0 Å². The summed E-state index contributed by atoms with van der Waals surface area (Å²) in [6.45, 7) is 3.91. The summed E-state index contributed by atoms with van der Waals surface area (Å²) in [6.07, 6.45) is 0.171. The lowest BCUT2D eigenvalue weighted by Crippen LogP contribution is -2.26. The maximum absolute atomic E-state index is 12.6. The van der Waals surface area contributed by atoms with Crippen LogP contribution in [0.2, 0.25) is 0 Å². The van der Waals surface area contributed by atoms with Gasteiger partial charge in [-0.2, -0.15) is 0 Å². The van der Waals surface area contributed by atoms with Crippen molar-refractivity contribution in [1.82, 2.24) is 0 Å². The molecule has 0 N–H and O–H groups in total. The van der Waals surface area contributed by atoms with Crippen LogP contribution in [0.4, 0.5) is 0 Å². The van der Waals surface area contributed by atoms with E-state index in [1.807, 2.05) is 44.2 Å². The van der Waals surface area contributed by atoms with Crippen LogP contribution in [0.5, 0.6) is 11.5 Å². The third-order valence-corrected chi connectivity index (χ3v) is 4.39. The minimum atomic E-state index is -0.473. The zero-order chi connectivity index (χ0) is 18.3. The fourth-order valence-corrected chi connectivity index (χ4v) is 3.31. The van der Waals surface area contributed by atoms with Crippen LogP contribution in [-0.4, -0.2) is 12.1 Å². The molecule has 1 unspecified atom stereocenters. The molecule has 26 heavy (non-hydrogen) atoms. The van der Waals surface area contributed by atoms with Crippen molar-refractivity contribution in [3.8, 4) is 11.5 Å². The molecule has 5 heteroatoms. The molecule has 1 aromatic heterocycles. The number of ether oxygens (including phenoxy) is 2. The van der Waals surface area contributed by atoms with Crippen LogP contribution in [0.15, 0.2) is 57.7 Å². The van der Waals surface area contributed by atoms with E-state index in [0.717, 1.165) is 11.3 Å². The van der Waals surface area contributed by atoms with Crippen LogP contribution >= 0.6 is 0 Å². The Balaban J connectivity index is 1.84. The van der Waals surface area contributed by atoms with Crippen molar-refractivity contribution in [3.63, 3.8) is 0 Å². The van der Waals surface area contributed by atoms with Crippen molar-refractivity contribution in [2.75, 3.05) is 0 Å². The second-order valence-corrected chi connectivity index (χ2v) is 6.59. The van der Waals surface area contributed by atoms with E-state index in [4.69, 9.17) is 13.9 Å². The van der Waals surface area contributed by atoms with Crippen LogP contribution in [0, 0.1) is 0 Å². The van der Waals surface area contributed by atoms with E-state index in [0.29, 0.717) is 22.3 Å². The quantitative estimate of drug-likeness (QED) is 0.527. The highest BCUT2D eigenvalue weighted by molar-refractivity contribution is 5.90. The average molecular weight is 350 g/mol. The van der Waals surface area contributed by atoms with Crippen molar-refractivity contribution in [2.45, 2.75) is 32.3 Å². The Hall–Kier alpha value is -3.08. The maximum atomic E-state index is 12.6. The summed E-state index contributed by atoms with van der Waals surface area (Å²) in [7, 11) is 0. The maximum Gasteiger partial charge on any atom is 0.343 e. The van der Waals surface area contributed by atoms with E-state index in [1.165, 1.54) is 0 Å². The van der Waals surface area contributed by atoms with E-state index >= 15 is 0 Å². The zero-order valence-corrected chi connectivity index (χ0v) is 14.5. The van der Waals surface area contributed by atoms with Gasteiger partial charge in [-0.05, 0) is 43.7 Å². The van der Waals surface area contributed by atoms with Gasteiger partial charge in [-0.1, -0.05) is 24.3 Å². The summed E-state index contributed by atoms with van der Waals surface area (Å²) in [5.74, 6) is 0.287.